The minimum Gasteiger partial charge on any atom is -0.326 e. The van der Waals surface area contributed by atoms with Gasteiger partial charge in [0.1, 0.15) is 0 Å². The van der Waals surface area contributed by atoms with Gasteiger partial charge in [-0.2, -0.15) is 5.26 Å². The second-order valence-electron chi connectivity index (χ2n) is 4.61. The van der Waals surface area contributed by atoms with Crippen LogP contribution in [0.1, 0.15) is 16.7 Å². The summed E-state index contributed by atoms with van der Waals surface area (Å²) in [6.45, 7) is 1.87. The number of nitrogens with one attached hydrogen (secondary N) is 1. The summed E-state index contributed by atoms with van der Waals surface area (Å²) in [7, 11) is 0. The molecule has 2 aromatic rings. The molecule has 2 rings (SSSR count). The first-order valence-corrected chi connectivity index (χ1v) is 6.99. The molecule has 0 aliphatic rings. The summed E-state index contributed by atoms with van der Waals surface area (Å²) in [5.41, 5.74) is 2.82. The maximum absolute atomic E-state index is 12.1. The molecule has 5 heteroatoms. The monoisotopic (exact) mass is 318 g/mol. The topological polar surface area (TPSA) is 52.9 Å². The van der Waals surface area contributed by atoms with Gasteiger partial charge in [0, 0.05) is 5.69 Å². The molecule has 0 radical (unpaired) electrons. The van der Waals surface area contributed by atoms with Crippen molar-refractivity contribution in [1.82, 2.24) is 0 Å². The van der Waals surface area contributed by atoms with Crippen molar-refractivity contribution < 1.29 is 4.79 Å². The highest BCUT2D eigenvalue weighted by Crippen LogP contribution is 2.23. The van der Waals surface area contributed by atoms with E-state index in [9.17, 15) is 4.79 Å². The van der Waals surface area contributed by atoms with Crippen LogP contribution >= 0.6 is 23.2 Å². The van der Waals surface area contributed by atoms with Gasteiger partial charge in [-0.15, -0.1) is 0 Å². The molecule has 0 unspecified atom stereocenters. The lowest BCUT2D eigenvalue weighted by Gasteiger charge is -2.09. The van der Waals surface area contributed by atoms with Crippen molar-refractivity contribution in [3.8, 4) is 6.07 Å². The molecule has 0 saturated carbocycles. The van der Waals surface area contributed by atoms with Crippen LogP contribution in [0.15, 0.2) is 36.4 Å². The Kier molecular flexibility index (Phi) is 4.85. The van der Waals surface area contributed by atoms with E-state index in [1.54, 1.807) is 36.4 Å². The van der Waals surface area contributed by atoms with Gasteiger partial charge in [-0.1, -0.05) is 35.3 Å². The zero-order valence-corrected chi connectivity index (χ0v) is 12.8. The van der Waals surface area contributed by atoms with E-state index in [4.69, 9.17) is 28.5 Å². The Morgan fingerprint density at radius 2 is 1.95 bits per heavy atom. The van der Waals surface area contributed by atoms with Crippen molar-refractivity contribution in [1.29, 1.82) is 5.26 Å². The number of anilines is 1. The molecule has 21 heavy (non-hydrogen) atoms. The van der Waals surface area contributed by atoms with Gasteiger partial charge >= 0.3 is 0 Å². The van der Waals surface area contributed by atoms with Crippen LogP contribution in [0.25, 0.3) is 0 Å². The third-order valence-electron chi connectivity index (χ3n) is 2.99. The number of benzene rings is 2. The number of aryl methyl sites for hydroxylation is 1. The first-order valence-electron chi connectivity index (χ1n) is 6.24. The Hall–Kier alpha value is -2.02. The summed E-state index contributed by atoms with van der Waals surface area (Å²) >= 11 is 11.8. The van der Waals surface area contributed by atoms with Gasteiger partial charge in [0.2, 0.25) is 5.91 Å². The van der Waals surface area contributed by atoms with E-state index >= 15 is 0 Å². The van der Waals surface area contributed by atoms with E-state index in [-0.39, 0.29) is 12.3 Å². The van der Waals surface area contributed by atoms with Crippen molar-refractivity contribution in [3.05, 3.63) is 63.1 Å². The van der Waals surface area contributed by atoms with Crippen molar-refractivity contribution >= 4 is 34.8 Å². The summed E-state index contributed by atoms with van der Waals surface area (Å²) in [6.07, 6.45) is 0.188. The van der Waals surface area contributed by atoms with E-state index in [1.807, 2.05) is 13.0 Å². The summed E-state index contributed by atoms with van der Waals surface area (Å²) in [6, 6.07) is 12.3. The lowest BCUT2D eigenvalue weighted by molar-refractivity contribution is -0.115. The molecular weight excluding hydrogens is 307 g/mol. The molecule has 0 heterocycles. The van der Waals surface area contributed by atoms with Crippen LogP contribution in [0, 0.1) is 18.3 Å². The quantitative estimate of drug-likeness (QED) is 0.914. The smallest absolute Gasteiger partial charge is 0.228 e. The fourth-order valence-electron chi connectivity index (χ4n) is 1.86. The minimum atomic E-state index is -0.174. The normalized spacial score (nSPS) is 10.0. The number of nitriles is 1. The second-order valence-corrected chi connectivity index (χ2v) is 5.43. The number of hydrogen-bond acceptors (Lipinski definition) is 2. The highest BCUT2D eigenvalue weighted by atomic mass is 35.5. The van der Waals surface area contributed by atoms with Gasteiger partial charge in [0.25, 0.3) is 0 Å². The average Bonchev–Trinajstić information content (AvgIpc) is 2.45. The molecule has 0 aromatic heterocycles. The van der Waals surface area contributed by atoms with Gasteiger partial charge in [-0.3, -0.25) is 4.79 Å². The molecular formula is C16H12Cl2N2O. The fraction of sp³-hybridized carbons (Fsp3) is 0.125. The van der Waals surface area contributed by atoms with Crippen LogP contribution in [0.2, 0.25) is 10.0 Å². The number of nitrogens with zero attached hydrogens (tertiary/aromatic N) is 1. The lowest BCUT2D eigenvalue weighted by Crippen LogP contribution is -2.15. The van der Waals surface area contributed by atoms with Crippen molar-refractivity contribution in [2.75, 3.05) is 5.32 Å². The molecule has 1 N–H and O–H groups in total. The van der Waals surface area contributed by atoms with Gasteiger partial charge in [-0.25, -0.2) is 0 Å². The predicted molar refractivity (Wildman–Crippen MR) is 84.7 cm³/mol. The molecule has 0 aliphatic heterocycles. The molecule has 0 aliphatic carbocycles. The zero-order valence-electron chi connectivity index (χ0n) is 11.3. The Balaban J connectivity index is 2.11. The van der Waals surface area contributed by atoms with Gasteiger partial charge in [0.05, 0.1) is 28.1 Å². The SMILES string of the molecule is Cc1ccc(C#N)cc1NC(=O)Cc1ccc(Cl)c(Cl)c1. The summed E-state index contributed by atoms with van der Waals surface area (Å²) in [5, 5.41) is 12.6. The molecule has 0 spiro atoms. The van der Waals surface area contributed by atoms with E-state index in [2.05, 4.69) is 5.32 Å². The molecule has 0 fully saturated rings. The largest absolute Gasteiger partial charge is 0.326 e. The van der Waals surface area contributed by atoms with Crippen LogP contribution in [-0.2, 0) is 11.2 Å². The van der Waals surface area contributed by atoms with Crippen molar-refractivity contribution in [3.63, 3.8) is 0 Å². The third-order valence-corrected chi connectivity index (χ3v) is 3.73. The average molecular weight is 319 g/mol. The van der Waals surface area contributed by atoms with Crippen molar-refractivity contribution in [2.45, 2.75) is 13.3 Å². The van der Waals surface area contributed by atoms with Crippen LogP contribution in [0.5, 0.6) is 0 Å². The van der Waals surface area contributed by atoms with Gasteiger partial charge in [-0.05, 0) is 42.3 Å². The number of halogens is 2. The molecule has 0 bridgehead atoms. The maximum Gasteiger partial charge on any atom is 0.228 e. The molecule has 0 atom stereocenters. The predicted octanol–water partition coefficient (Wildman–Crippen LogP) is 4.35. The number of amides is 1. The maximum atomic E-state index is 12.1. The Morgan fingerprint density at radius 3 is 2.62 bits per heavy atom. The lowest BCUT2D eigenvalue weighted by atomic mass is 10.1. The molecule has 2 aromatic carbocycles. The van der Waals surface area contributed by atoms with Crippen LogP contribution in [0.3, 0.4) is 0 Å². The van der Waals surface area contributed by atoms with Crippen LogP contribution in [-0.4, -0.2) is 5.91 Å². The third kappa shape index (κ3) is 3.98. The molecule has 0 saturated heterocycles. The number of rotatable bonds is 3. The first kappa shape index (κ1) is 15.4. The highest BCUT2D eigenvalue weighted by Gasteiger charge is 2.08. The number of carbonyl (C=O) groups is 1. The first-order chi connectivity index (χ1) is 9.99. The van der Waals surface area contributed by atoms with Gasteiger partial charge < -0.3 is 5.32 Å². The fourth-order valence-corrected chi connectivity index (χ4v) is 2.18. The van der Waals surface area contributed by atoms with Crippen molar-refractivity contribution in [2.24, 2.45) is 0 Å². The standard InChI is InChI=1S/C16H12Cl2N2O/c1-10-2-3-12(9-19)7-15(10)20-16(21)8-11-4-5-13(17)14(18)6-11/h2-7H,8H2,1H3,(H,20,21). The molecule has 106 valence electrons. The Labute approximate surface area is 133 Å². The molecule has 1 amide bonds. The van der Waals surface area contributed by atoms with E-state index in [1.165, 1.54) is 0 Å². The number of carbonyl (C=O) groups excluding carboxylic acids is 1. The van der Waals surface area contributed by atoms with E-state index in [0.29, 0.717) is 21.3 Å². The summed E-state index contributed by atoms with van der Waals surface area (Å²) in [4.78, 5) is 12.1. The summed E-state index contributed by atoms with van der Waals surface area (Å²) < 4.78 is 0. The Bertz CT molecular complexity index is 736. The minimum absolute atomic E-state index is 0.174. The van der Waals surface area contributed by atoms with Gasteiger partial charge in [0.15, 0.2) is 0 Å². The number of hydrogen-bond donors (Lipinski definition) is 1. The second kappa shape index (κ2) is 6.62. The van der Waals surface area contributed by atoms with E-state index < -0.39 is 0 Å². The Morgan fingerprint density at radius 1 is 1.19 bits per heavy atom. The van der Waals surface area contributed by atoms with E-state index in [0.717, 1.165) is 11.1 Å². The highest BCUT2D eigenvalue weighted by molar-refractivity contribution is 6.42. The summed E-state index contributed by atoms with van der Waals surface area (Å²) in [5.74, 6) is -0.174. The van der Waals surface area contributed by atoms with Crippen LogP contribution < -0.4 is 5.32 Å². The zero-order chi connectivity index (χ0) is 15.4. The molecule has 3 nitrogen and oxygen atoms in total. The van der Waals surface area contributed by atoms with Crippen LogP contribution in [0.4, 0.5) is 5.69 Å².